The number of hydrogen-bond acceptors (Lipinski definition) is 2. The molecule has 0 aromatic heterocycles. The summed E-state index contributed by atoms with van der Waals surface area (Å²) in [6, 6.07) is 9.12. The minimum Gasteiger partial charge on any atom is -0.267 e. The van der Waals surface area contributed by atoms with Crippen molar-refractivity contribution in [1.29, 1.82) is 0 Å². The summed E-state index contributed by atoms with van der Waals surface area (Å²) in [6.45, 7) is 4.33. The molecule has 1 N–H and O–H groups in total. The zero-order valence-electron chi connectivity index (χ0n) is 11.2. The van der Waals surface area contributed by atoms with Crippen molar-refractivity contribution in [2.45, 2.75) is 39.5 Å². The van der Waals surface area contributed by atoms with E-state index >= 15 is 0 Å². The predicted octanol–water partition coefficient (Wildman–Crippen LogP) is 3.62. The fourth-order valence-corrected chi connectivity index (χ4v) is 1.71. The van der Waals surface area contributed by atoms with E-state index in [1.165, 1.54) is 12.8 Å². The maximum Gasteiger partial charge on any atom is 0.271 e. The molecule has 0 aliphatic carbocycles. The number of amides is 1. The van der Waals surface area contributed by atoms with Crippen LogP contribution in [-0.2, 0) is 0 Å². The van der Waals surface area contributed by atoms with Crippen molar-refractivity contribution in [1.82, 2.24) is 5.43 Å². The van der Waals surface area contributed by atoms with E-state index in [9.17, 15) is 4.79 Å². The number of nitrogens with zero attached hydrogens (tertiary/aromatic N) is 1. The number of rotatable bonds is 7. The smallest absolute Gasteiger partial charge is 0.267 e. The second kappa shape index (κ2) is 8.45. The maximum absolute atomic E-state index is 11.7. The van der Waals surface area contributed by atoms with Crippen LogP contribution in [-0.4, -0.2) is 12.1 Å². The third-order valence-electron chi connectivity index (χ3n) is 2.94. The van der Waals surface area contributed by atoms with Gasteiger partial charge in [0.25, 0.3) is 5.91 Å². The van der Waals surface area contributed by atoms with E-state index in [-0.39, 0.29) is 5.91 Å². The van der Waals surface area contributed by atoms with Crippen molar-refractivity contribution in [2.24, 2.45) is 11.0 Å². The van der Waals surface area contributed by atoms with Gasteiger partial charge in [0.2, 0.25) is 0 Å². The molecular weight excluding hydrogens is 224 g/mol. The van der Waals surface area contributed by atoms with Crippen LogP contribution in [0.25, 0.3) is 0 Å². The van der Waals surface area contributed by atoms with Gasteiger partial charge >= 0.3 is 0 Å². The molecule has 0 saturated heterocycles. The fraction of sp³-hybridized carbons (Fsp3) is 0.467. The van der Waals surface area contributed by atoms with E-state index in [1.807, 2.05) is 24.4 Å². The Morgan fingerprint density at radius 2 is 2.06 bits per heavy atom. The summed E-state index contributed by atoms with van der Waals surface area (Å²) in [6.07, 6.45) is 6.46. The van der Waals surface area contributed by atoms with E-state index in [1.54, 1.807) is 12.1 Å². The molecule has 1 aromatic carbocycles. The van der Waals surface area contributed by atoms with Gasteiger partial charge in [-0.05, 0) is 30.9 Å². The molecule has 1 rings (SSSR count). The van der Waals surface area contributed by atoms with Gasteiger partial charge in [-0.25, -0.2) is 5.43 Å². The van der Waals surface area contributed by atoms with Crippen molar-refractivity contribution in [3.8, 4) is 0 Å². The Balaban J connectivity index is 2.41. The van der Waals surface area contributed by atoms with Crippen molar-refractivity contribution < 1.29 is 4.79 Å². The number of carbonyl (C=O) groups excluding carboxylic acids is 1. The molecule has 0 saturated carbocycles. The third kappa shape index (κ3) is 5.13. The van der Waals surface area contributed by atoms with Crippen LogP contribution in [0.2, 0.25) is 0 Å². The van der Waals surface area contributed by atoms with E-state index in [4.69, 9.17) is 0 Å². The summed E-state index contributed by atoms with van der Waals surface area (Å²) in [5.41, 5.74) is 3.21. The lowest BCUT2D eigenvalue weighted by atomic mass is 10.0. The van der Waals surface area contributed by atoms with Crippen LogP contribution in [0.5, 0.6) is 0 Å². The minimum absolute atomic E-state index is 0.155. The number of hydrogen-bond donors (Lipinski definition) is 1. The van der Waals surface area contributed by atoms with Gasteiger partial charge in [0.1, 0.15) is 0 Å². The lowest BCUT2D eigenvalue weighted by Crippen LogP contribution is -2.18. The van der Waals surface area contributed by atoms with Crippen LogP contribution in [0, 0.1) is 5.92 Å². The number of hydrazone groups is 1. The zero-order valence-corrected chi connectivity index (χ0v) is 11.2. The Labute approximate surface area is 109 Å². The monoisotopic (exact) mass is 246 g/mol. The first-order valence-electron chi connectivity index (χ1n) is 6.66. The lowest BCUT2D eigenvalue weighted by Gasteiger charge is -2.07. The maximum atomic E-state index is 11.7. The molecule has 18 heavy (non-hydrogen) atoms. The van der Waals surface area contributed by atoms with Crippen LogP contribution in [0.4, 0.5) is 0 Å². The first-order chi connectivity index (χ1) is 8.77. The first kappa shape index (κ1) is 14.4. The van der Waals surface area contributed by atoms with Crippen LogP contribution < -0.4 is 5.43 Å². The van der Waals surface area contributed by atoms with Crippen LogP contribution in [0.1, 0.15) is 49.9 Å². The highest BCUT2D eigenvalue weighted by molar-refractivity contribution is 5.94. The number of unbranched alkanes of at least 4 members (excludes halogenated alkanes) is 1. The molecule has 0 aliphatic heterocycles. The summed E-state index contributed by atoms with van der Waals surface area (Å²) < 4.78 is 0. The predicted molar refractivity (Wildman–Crippen MR) is 75.7 cm³/mol. The highest BCUT2D eigenvalue weighted by Crippen LogP contribution is 2.09. The summed E-state index contributed by atoms with van der Waals surface area (Å²) in [7, 11) is 0. The van der Waals surface area contributed by atoms with Gasteiger partial charge in [-0.15, -0.1) is 0 Å². The highest BCUT2D eigenvalue weighted by Gasteiger charge is 2.04. The first-order valence-corrected chi connectivity index (χ1v) is 6.66. The molecule has 0 fully saturated rings. The molecule has 0 bridgehead atoms. The molecule has 0 radical (unpaired) electrons. The van der Waals surface area contributed by atoms with E-state index in [2.05, 4.69) is 24.4 Å². The van der Waals surface area contributed by atoms with Gasteiger partial charge in [0, 0.05) is 11.8 Å². The summed E-state index contributed by atoms with van der Waals surface area (Å²) in [5, 5.41) is 4.05. The van der Waals surface area contributed by atoms with Crippen molar-refractivity contribution in [3.63, 3.8) is 0 Å². The molecule has 1 aromatic rings. The van der Waals surface area contributed by atoms with Gasteiger partial charge < -0.3 is 0 Å². The Hall–Kier alpha value is -1.64. The molecular formula is C15H22N2O. The Morgan fingerprint density at radius 1 is 1.33 bits per heavy atom. The fourth-order valence-electron chi connectivity index (χ4n) is 1.71. The van der Waals surface area contributed by atoms with Gasteiger partial charge in [-0.3, -0.25) is 4.79 Å². The van der Waals surface area contributed by atoms with Crippen molar-refractivity contribution >= 4 is 12.1 Å². The van der Waals surface area contributed by atoms with Crippen LogP contribution in [0.3, 0.4) is 0 Å². The second-order valence-electron chi connectivity index (χ2n) is 4.40. The molecule has 98 valence electrons. The average Bonchev–Trinajstić information content (AvgIpc) is 2.43. The summed E-state index contributed by atoms with van der Waals surface area (Å²) in [4.78, 5) is 11.7. The second-order valence-corrected chi connectivity index (χ2v) is 4.40. The number of carbonyl (C=O) groups is 1. The summed E-state index contributed by atoms with van der Waals surface area (Å²) >= 11 is 0. The number of nitrogens with one attached hydrogen (secondary N) is 1. The molecule has 0 heterocycles. The Kier molecular flexibility index (Phi) is 6.77. The SMILES string of the molecule is CCCCC(/C=N\NC(=O)c1ccccc1)CC. The van der Waals surface area contributed by atoms with Crippen LogP contribution >= 0.6 is 0 Å². The minimum atomic E-state index is -0.155. The quantitative estimate of drug-likeness (QED) is 0.579. The van der Waals surface area contributed by atoms with Gasteiger partial charge in [-0.1, -0.05) is 44.9 Å². The molecule has 0 aliphatic rings. The number of benzene rings is 1. The third-order valence-corrected chi connectivity index (χ3v) is 2.94. The topological polar surface area (TPSA) is 41.5 Å². The highest BCUT2D eigenvalue weighted by atomic mass is 16.2. The Bertz CT molecular complexity index is 373. The van der Waals surface area contributed by atoms with E-state index in [0.29, 0.717) is 11.5 Å². The molecule has 3 heteroatoms. The molecule has 1 amide bonds. The van der Waals surface area contributed by atoms with Crippen molar-refractivity contribution in [2.75, 3.05) is 0 Å². The average molecular weight is 246 g/mol. The standard InChI is InChI=1S/C15H22N2O/c1-3-5-9-13(4-2)12-16-17-15(18)14-10-7-6-8-11-14/h6-8,10-13H,3-5,9H2,1-2H3,(H,17,18)/b16-12-. The molecule has 1 unspecified atom stereocenters. The molecule has 1 atom stereocenters. The van der Waals surface area contributed by atoms with Gasteiger partial charge in [0.05, 0.1) is 0 Å². The van der Waals surface area contributed by atoms with E-state index in [0.717, 1.165) is 12.8 Å². The van der Waals surface area contributed by atoms with Gasteiger partial charge in [-0.2, -0.15) is 5.10 Å². The lowest BCUT2D eigenvalue weighted by molar-refractivity contribution is 0.0955. The van der Waals surface area contributed by atoms with Crippen molar-refractivity contribution in [3.05, 3.63) is 35.9 Å². The van der Waals surface area contributed by atoms with Gasteiger partial charge in [0.15, 0.2) is 0 Å². The normalized spacial score (nSPS) is 12.6. The Morgan fingerprint density at radius 3 is 2.67 bits per heavy atom. The molecule has 0 spiro atoms. The zero-order chi connectivity index (χ0) is 13.2. The molecule has 3 nitrogen and oxygen atoms in total. The largest absolute Gasteiger partial charge is 0.271 e. The van der Waals surface area contributed by atoms with Crippen LogP contribution in [0.15, 0.2) is 35.4 Å². The van der Waals surface area contributed by atoms with E-state index < -0.39 is 0 Å². The summed E-state index contributed by atoms with van der Waals surface area (Å²) in [5.74, 6) is 0.304.